The molecule has 0 aliphatic heterocycles. The molecule has 29 heavy (non-hydrogen) atoms. The summed E-state index contributed by atoms with van der Waals surface area (Å²) in [6.07, 6.45) is 0.196. The first kappa shape index (κ1) is 28.2. The summed E-state index contributed by atoms with van der Waals surface area (Å²) in [6.45, 7) is 7.28. The molecule has 0 spiro atoms. The Labute approximate surface area is 163 Å². The summed E-state index contributed by atoms with van der Waals surface area (Å²) in [7, 11) is -4.99. The number of quaternary nitrogens is 1. The van der Waals surface area contributed by atoms with Crippen LogP contribution in [0.1, 0.15) is 46.0 Å². The molecule has 4 nitrogen and oxygen atoms in total. The molecule has 0 saturated heterocycles. The molecule has 0 radical (unpaired) electrons. The van der Waals surface area contributed by atoms with E-state index in [4.69, 9.17) is 0 Å². The molecule has 1 aliphatic rings. The Kier molecular flexibility index (Phi) is 8.92. The molecule has 0 N–H and O–H groups in total. The zero-order chi connectivity index (χ0) is 23.5. The first-order chi connectivity index (χ1) is 12.7. The zero-order valence-electron chi connectivity index (χ0n) is 16.0. The number of halogens is 9. The maximum atomic E-state index is 12.2. The van der Waals surface area contributed by atoms with Crippen molar-refractivity contribution in [1.29, 1.82) is 0 Å². The van der Waals surface area contributed by atoms with Crippen molar-refractivity contribution < 1.29 is 57.0 Å². The van der Waals surface area contributed by atoms with E-state index < -0.39 is 33.4 Å². The van der Waals surface area contributed by atoms with Gasteiger partial charge in [0.05, 0.1) is 26.2 Å². The van der Waals surface area contributed by atoms with Crippen molar-refractivity contribution in [1.82, 2.24) is 0 Å². The minimum absolute atomic E-state index is 0.966. The molecule has 0 atom stereocenters. The van der Waals surface area contributed by atoms with E-state index in [1.54, 1.807) is 0 Å². The molecule has 0 aromatic heterocycles. The zero-order valence-corrected chi connectivity index (χ0v) is 16.8. The van der Waals surface area contributed by atoms with Crippen LogP contribution in [-0.4, -0.2) is 66.9 Å². The third-order valence-corrected chi connectivity index (χ3v) is 6.22. The molecule has 176 valence electrons. The summed E-state index contributed by atoms with van der Waals surface area (Å²) in [5.41, 5.74) is 0. The van der Waals surface area contributed by atoms with E-state index in [1.807, 2.05) is 0 Å². The molecule has 0 amide bonds. The highest BCUT2D eigenvalue weighted by molar-refractivity contribution is 7.86. The van der Waals surface area contributed by atoms with Crippen LogP contribution in [-0.2, 0) is 10.1 Å². The molecule has 0 aromatic rings. The molecule has 0 aromatic carbocycles. The average Bonchev–Trinajstić information content (AvgIpc) is 2.60. The van der Waals surface area contributed by atoms with Crippen LogP contribution in [0.15, 0.2) is 0 Å². The minimum atomic E-state index is -7.43. The van der Waals surface area contributed by atoms with E-state index in [9.17, 15) is 52.5 Å². The van der Waals surface area contributed by atoms with E-state index in [-0.39, 0.29) is 0 Å². The molecule has 1 saturated carbocycles. The fourth-order valence-electron chi connectivity index (χ4n) is 2.96. The van der Waals surface area contributed by atoms with Gasteiger partial charge in [-0.2, -0.15) is 39.5 Å². The van der Waals surface area contributed by atoms with Crippen molar-refractivity contribution in [2.75, 3.05) is 20.1 Å². The van der Waals surface area contributed by atoms with Crippen molar-refractivity contribution in [3.63, 3.8) is 0 Å². The molecule has 1 aliphatic carbocycles. The summed E-state index contributed by atoms with van der Waals surface area (Å²) in [5.74, 6) is -14.8. The lowest BCUT2D eigenvalue weighted by Crippen LogP contribution is -2.63. The Hall–Kier alpha value is -0.760. The Bertz CT molecular complexity index is 625. The molecular weight excluding hydrogens is 445 g/mol. The van der Waals surface area contributed by atoms with Gasteiger partial charge in [-0.1, -0.05) is 6.42 Å². The van der Waals surface area contributed by atoms with Gasteiger partial charge in [-0.3, -0.25) is 0 Å². The van der Waals surface area contributed by atoms with Gasteiger partial charge in [0.1, 0.15) is 0 Å². The van der Waals surface area contributed by atoms with Crippen LogP contribution in [0.5, 0.6) is 0 Å². The smallest absolute Gasteiger partial charge is 0.460 e. The van der Waals surface area contributed by atoms with E-state index in [1.165, 1.54) is 49.7 Å². The molecule has 1 rings (SSSR count). The van der Waals surface area contributed by atoms with E-state index in [0.717, 1.165) is 6.04 Å². The number of alkyl halides is 9. The van der Waals surface area contributed by atoms with Gasteiger partial charge in [0, 0.05) is 0 Å². The molecule has 0 heterocycles. The minimum Gasteiger partial charge on any atom is -0.743 e. The molecule has 0 bridgehead atoms. The topological polar surface area (TPSA) is 57.2 Å². The SMILES string of the molecule is CC[N+](C)(CC)C1CCCCC1.O=S(=O)([O-])C(F)(F)C(F)(F)C(F)(F)C(F)(F)F. The summed E-state index contributed by atoms with van der Waals surface area (Å²) in [5, 5.41) is -7.11. The maximum Gasteiger partial charge on any atom is 0.460 e. The van der Waals surface area contributed by atoms with Gasteiger partial charge in [0.2, 0.25) is 0 Å². The van der Waals surface area contributed by atoms with Crippen LogP contribution in [0, 0.1) is 0 Å². The van der Waals surface area contributed by atoms with E-state index in [0.29, 0.717) is 0 Å². The second kappa shape index (κ2) is 9.16. The summed E-state index contributed by atoms with van der Waals surface area (Å²) < 4.78 is 137. The number of hydrogen-bond donors (Lipinski definition) is 0. The van der Waals surface area contributed by atoms with Crippen LogP contribution >= 0.6 is 0 Å². The van der Waals surface area contributed by atoms with Gasteiger partial charge in [-0.05, 0) is 39.5 Å². The van der Waals surface area contributed by atoms with Crippen LogP contribution in [0.3, 0.4) is 0 Å². The first-order valence-corrected chi connectivity index (χ1v) is 10.1. The van der Waals surface area contributed by atoms with Crippen LogP contribution < -0.4 is 0 Å². The van der Waals surface area contributed by atoms with Crippen molar-refractivity contribution in [3.05, 3.63) is 0 Å². The second-order valence-electron chi connectivity index (χ2n) is 7.02. The second-order valence-corrected chi connectivity index (χ2v) is 8.44. The predicted octanol–water partition coefficient (Wildman–Crippen LogP) is 4.76. The lowest BCUT2D eigenvalue weighted by Gasteiger charge is -2.42. The van der Waals surface area contributed by atoms with Gasteiger partial charge in [0.25, 0.3) is 0 Å². The average molecular weight is 469 g/mol. The maximum absolute atomic E-state index is 12.2. The molecular formula is C15H24F9NO3S. The van der Waals surface area contributed by atoms with Crippen molar-refractivity contribution in [3.8, 4) is 0 Å². The lowest BCUT2D eigenvalue weighted by atomic mass is 9.92. The lowest BCUT2D eigenvalue weighted by molar-refractivity contribution is -0.931. The van der Waals surface area contributed by atoms with Crippen molar-refractivity contribution in [2.45, 2.75) is 75.3 Å². The van der Waals surface area contributed by atoms with Gasteiger partial charge in [0.15, 0.2) is 10.1 Å². The number of nitrogens with zero attached hydrogens (tertiary/aromatic N) is 1. The monoisotopic (exact) mass is 469 g/mol. The third-order valence-electron chi connectivity index (χ3n) is 5.33. The predicted molar refractivity (Wildman–Crippen MR) is 84.7 cm³/mol. The highest BCUT2D eigenvalue weighted by Crippen LogP contribution is 2.54. The number of rotatable bonds is 6. The Balaban J connectivity index is 0.000000571. The van der Waals surface area contributed by atoms with Crippen LogP contribution in [0.4, 0.5) is 39.5 Å². The Morgan fingerprint density at radius 3 is 1.48 bits per heavy atom. The summed E-state index contributed by atoms with van der Waals surface area (Å²) >= 11 is 0. The first-order valence-electron chi connectivity index (χ1n) is 8.72. The van der Waals surface area contributed by atoms with Crippen molar-refractivity contribution in [2.24, 2.45) is 0 Å². The quantitative estimate of drug-likeness (QED) is 0.320. The van der Waals surface area contributed by atoms with Crippen LogP contribution in [0.2, 0.25) is 0 Å². The summed E-state index contributed by atoms with van der Waals surface area (Å²) in [6, 6.07) is 0.966. The largest absolute Gasteiger partial charge is 0.743 e. The highest BCUT2D eigenvalue weighted by atomic mass is 32.2. The fourth-order valence-corrected chi connectivity index (χ4v) is 3.40. The number of hydrogen-bond acceptors (Lipinski definition) is 3. The van der Waals surface area contributed by atoms with Gasteiger partial charge < -0.3 is 9.04 Å². The van der Waals surface area contributed by atoms with Gasteiger partial charge >= 0.3 is 23.3 Å². The van der Waals surface area contributed by atoms with Crippen molar-refractivity contribution >= 4 is 10.1 Å². The standard InChI is InChI=1S/C11H24N.C4HF9O3S/c1-4-12(3,5-2)11-9-7-6-8-10-11;5-1(6,3(9,10)11)2(7,8)4(12,13)17(14,15)16/h11H,4-10H2,1-3H3;(H,14,15,16)/q+1;/p-1. The Morgan fingerprint density at radius 1 is 0.828 bits per heavy atom. The van der Waals surface area contributed by atoms with Gasteiger partial charge in [-0.25, -0.2) is 8.42 Å². The van der Waals surface area contributed by atoms with Gasteiger partial charge in [-0.15, -0.1) is 0 Å². The van der Waals surface area contributed by atoms with Crippen LogP contribution in [0.25, 0.3) is 0 Å². The summed E-state index contributed by atoms with van der Waals surface area (Å²) in [4.78, 5) is 0. The van der Waals surface area contributed by atoms with E-state index >= 15 is 0 Å². The van der Waals surface area contributed by atoms with E-state index in [2.05, 4.69) is 20.9 Å². The molecule has 1 fully saturated rings. The highest BCUT2D eigenvalue weighted by Gasteiger charge is 2.83. The normalized spacial score (nSPS) is 18.2. The molecule has 0 unspecified atom stereocenters. The Morgan fingerprint density at radius 2 is 1.21 bits per heavy atom. The molecule has 14 heteroatoms. The third kappa shape index (κ3) is 5.69. The fraction of sp³-hybridized carbons (Fsp3) is 1.00.